The lowest BCUT2D eigenvalue weighted by molar-refractivity contribution is 0.589. The van der Waals surface area contributed by atoms with Gasteiger partial charge in [-0.2, -0.15) is 0 Å². The Morgan fingerprint density at radius 3 is 2.83 bits per heavy atom. The highest BCUT2D eigenvalue weighted by Gasteiger charge is 2.15. The molecule has 0 radical (unpaired) electrons. The summed E-state index contributed by atoms with van der Waals surface area (Å²) in [7, 11) is 0. The lowest BCUT2D eigenvalue weighted by Crippen LogP contribution is -2.09. The van der Waals surface area contributed by atoms with Crippen molar-refractivity contribution in [3.8, 4) is 0 Å². The van der Waals surface area contributed by atoms with Crippen LogP contribution in [0, 0.1) is 5.82 Å². The van der Waals surface area contributed by atoms with Gasteiger partial charge in [0.25, 0.3) is 0 Å². The Morgan fingerprint density at radius 1 is 1.44 bits per heavy atom. The van der Waals surface area contributed by atoms with Gasteiger partial charge in [0, 0.05) is 5.02 Å². The first-order valence-electron chi connectivity index (χ1n) is 5.62. The van der Waals surface area contributed by atoms with Crippen LogP contribution in [-0.4, -0.2) is 15.0 Å². The molecule has 0 unspecified atom stereocenters. The van der Waals surface area contributed by atoms with Gasteiger partial charge < -0.3 is 5.73 Å². The number of nitrogens with two attached hydrogens (primary N) is 1. The van der Waals surface area contributed by atoms with E-state index in [1.165, 1.54) is 18.2 Å². The van der Waals surface area contributed by atoms with Crippen molar-refractivity contribution in [2.45, 2.75) is 26.3 Å². The molecule has 1 heterocycles. The average molecular weight is 269 g/mol. The lowest BCUT2D eigenvalue weighted by atomic mass is 10.1. The van der Waals surface area contributed by atoms with Crippen LogP contribution in [0.4, 0.5) is 10.2 Å². The summed E-state index contributed by atoms with van der Waals surface area (Å²) in [6, 6.07) is 4.25. The van der Waals surface area contributed by atoms with E-state index in [4.69, 9.17) is 17.3 Å². The predicted octanol–water partition coefficient (Wildman–Crippen LogP) is 2.82. The SMILES string of the molecule is CC(C)c1c(N)nnn1Cc1cc(F)ccc1Cl. The predicted molar refractivity (Wildman–Crippen MR) is 69.0 cm³/mol. The molecule has 2 N–H and O–H groups in total. The van der Waals surface area contributed by atoms with Crippen LogP contribution in [-0.2, 0) is 6.54 Å². The van der Waals surface area contributed by atoms with Crippen molar-refractivity contribution in [1.82, 2.24) is 15.0 Å². The van der Waals surface area contributed by atoms with Crippen LogP contribution in [0.3, 0.4) is 0 Å². The standard InChI is InChI=1S/C12H14ClFN4/c1-7(2)11-12(15)16-17-18(11)6-8-5-9(14)3-4-10(8)13/h3-5,7H,6,15H2,1-2H3. The van der Waals surface area contributed by atoms with Gasteiger partial charge in [-0.3, -0.25) is 0 Å². The highest BCUT2D eigenvalue weighted by Crippen LogP contribution is 2.23. The van der Waals surface area contributed by atoms with Crippen molar-refractivity contribution in [2.75, 3.05) is 5.73 Å². The topological polar surface area (TPSA) is 56.7 Å². The summed E-state index contributed by atoms with van der Waals surface area (Å²) in [4.78, 5) is 0. The molecule has 1 aromatic heterocycles. The summed E-state index contributed by atoms with van der Waals surface area (Å²) in [5.41, 5.74) is 7.25. The minimum absolute atomic E-state index is 0.187. The van der Waals surface area contributed by atoms with Crippen LogP contribution in [0.25, 0.3) is 0 Å². The van der Waals surface area contributed by atoms with E-state index in [9.17, 15) is 4.39 Å². The molecule has 1 aromatic carbocycles. The Morgan fingerprint density at radius 2 is 2.17 bits per heavy atom. The third-order valence-electron chi connectivity index (χ3n) is 2.68. The monoisotopic (exact) mass is 268 g/mol. The van der Waals surface area contributed by atoms with Gasteiger partial charge in [0.05, 0.1) is 12.2 Å². The van der Waals surface area contributed by atoms with Crippen LogP contribution < -0.4 is 5.73 Å². The Bertz CT molecular complexity index is 565. The van der Waals surface area contributed by atoms with Crippen LogP contribution in [0.2, 0.25) is 5.02 Å². The smallest absolute Gasteiger partial charge is 0.169 e. The van der Waals surface area contributed by atoms with E-state index in [0.29, 0.717) is 22.9 Å². The van der Waals surface area contributed by atoms with Crippen molar-refractivity contribution >= 4 is 17.4 Å². The number of halogens is 2. The van der Waals surface area contributed by atoms with Gasteiger partial charge >= 0.3 is 0 Å². The second kappa shape index (κ2) is 4.94. The van der Waals surface area contributed by atoms with Crippen LogP contribution in [0.1, 0.15) is 31.0 Å². The summed E-state index contributed by atoms with van der Waals surface area (Å²) >= 11 is 6.03. The quantitative estimate of drug-likeness (QED) is 0.931. The molecule has 0 saturated carbocycles. The van der Waals surface area contributed by atoms with Crippen LogP contribution in [0.5, 0.6) is 0 Å². The number of aromatic nitrogens is 3. The van der Waals surface area contributed by atoms with Gasteiger partial charge in [0.1, 0.15) is 5.82 Å². The molecule has 0 atom stereocenters. The highest BCUT2D eigenvalue weighted by atomic mass is 35.5. The maximum Gasteiger partial charge on any atom is 0.169 e. The van der Waals surface area contributed by atoms with Gasteiger partial charge in [0.2, 0.25) is 0 Å². The molecule has 4 nitrogen and oxygen atoms in total. The fourth-order valence-electron chi connectivity index (χ4n) is 1.87. The van der Waals surface area contributed by atoms with Gasteiger partial charge in [0.15, 0.2) is 5.82 Å². The minimum atomic E-state index is -0.325. The Kier molecular flexibility index (Phi) is 3.52. The average Bonchev–Trinajstić information content (AvgIpc) is 2.65. The summed E-state index contributed by atoms with van der Waals surface area (Å²) in [5, 5.41) is 8.30. The second-order valence-corrected chi connectivity index (χ2v) is 4.82. The van der Waals surface area contributed by atoms with Gasteiger partial charge in [-0.1, -0.05) is 30.7 Å². The maximum absolute atomic E-state index is 13.2. The third-order valence-corrected chi connectivity index (χ3v) is 3.04. The Hall–Kier alpha value is -1.62. The first-order valence-corrected chi connectivity index (χ1v) is 5.99. The van der Waals surface area contributed by atoms with Crippen molar-refractivity contribution < 1.29 is 4.39 Å². The van der Waals surface area contributed by atoms with Crippen molar-refractivity contribution in [2.24, 2.45) is 0 Å². The van der Waals surface area contributed by atoms with Crippen LogP contribution >= 0.6 is 11.6 Å². The number of benzene rings is 1. The van der Waals surface area contributed by atoms with Crippen molar-refractivity contribution in [3.63, 3.8) is 0 Å². The minimum Gasteiger partial charge on any atom is -0.381 e. The molecule has 0 saturated heterocycles. The maximum atomic E-state index is 13.2. The molecule has 0 amide bonds. The molecule has 0 aliphatic heterocycles. The normalized spacial score (nSPS) is 11.2. The van der Waals surface area contributed by atoms with E-state index in [2.05, 4.69) is 10.3 Å². The number of rotatable bonds is 3. The summed E-state index contributed by atoms with van der Waals surface area (Å²) in [5.74, 6) is 0.262. The van der Waals surface area contributed by atoms with Gasteiger partial charge in [-0.15, -0.1) is 5.10 Å². The molecule has 0 fully saturated rings. The van der Waals surface area contributed by atoms with E-state index in [0.717, 1.165) is 5.69 Å². The fourth-order valence-corrected chi connectivity index (χ4v) is 2.05. The molecule has 96 valence electrons. The number of nitrogen functional groups attached to an aromatic ring is 1. The van der Waals surface area contributed by atoms with E-state index in [1.807, 2.05) is 13.8 Å². The fraction of sp³-hybridized carbons (Fsp3) is 0.333. The summed E-state index contributed by atoms with van der Waals surface area (Å²) < 4.78 is 14.8. The van der Waals surface area contributed by atoms with E-state index >= 15 is 0 Å². The van der Waals surface area contributed by atoms with Gasteiger partial charge in [-0.25, -0.2) is 9.07 Å². The van der Waals surface area contributed by atoms with Crippen molar-refractivity contribution in [1.29, 1.82) is 0 Å². The van der Waals surface area contributed by atoms with E-state index in [-0.39, 0.29) is 11.7 Å². The molecule has 18 heavy (non-hydrogen) atoms. The molecular formula is C12H14ClFN4. The van der Waals surface area contributed by atoms with Crippen LogP contribution in [0.15, 0.2) is 18.2 Å². The summed E-state index contributed by atoms with van der Waals surface area (Å²) in [6.07, 6.45) is 0. The second-order valence-electron chi connectivity index (χ2n) is 4.41. The Balaban J connectivity index is 2.37. The van der Waals surface area contributed by atoms with E-state index < -0.39 is 0 Å². The van der Waals surface area contributed by atoms with E-state index in [1.54, 1.807) is 4.68 Å². The molecule has 0 spiro atoms. The summed E-state index contributed by atoms with van der Waals surface area (Å²) in [6.45, 7) is 4.35. The molecule has 2 aromatic rings. The zero-order valence-corrected chi connectivity index (χ0v) is 10.9. The number of hydrogen-bond donors (Lipinski definition) is 1. The molecule has 6 heteroatoms. The molecule has 0 bridgehead atoms. The molecule has 2 rings (SSSR count). The van der Waals surface area contributed by atoms with Gasteiger partial charge in [-0.05, 0) is 29.7 Å². The third kappa shape index (κ3) is 2.46. The zero-order valence-electron chi connectivity index (χ0n) is 10.2. The molecular weight excluding hydrogens is 255 g/mol. The van der Waals surface area contributed by atoms with Crippen molar-refractivity contribution in [3.05, 3.63) is 40.3 Å². The number of hydrogen-bond acceptors (Lipinski definition) is 3. The lowest BCUT2D eigenvalue weighted by Gasteiger charge is -2.10. The highest BCUT2D eigenvalue weighted by molar-refractivity contribution is 6.31. The Labute approximate surface area is 110 Å². The number of nitrogens with zero attached hydrogens (tertiary/aromatic N) is 3. The molecule has 0 aliphatic carbocycles. The molecule has 0 aliphatic rings. The largest absolute Gasteiger partial charge is 0.381 e. The first kappa shape index (κ1) is 12.8. The zero-order chi connectivity index (χ0) is 13.3. The number of anilines is 1. The first-order chi connectivity index (χ1) is 8.49.